The van der Waals surface area contributed by atoms with Gasteiger partial charge in [-0.1, -0.05) is 11.8 Å². The van der Waals surface area contributed by atoms with Crippen molar-refractivity contribution in [3.63, 3.8) is 0 Å². The van der Waals surface area contributed by atoms with Crippen LogP contribution in [0.5, 0.6) is 0 Å². The summed E-state index contributed by atoms with van der Waals surface area (Å²) in [5.74, 6) is 0.229. The van der Waals surface area contributed by atoms with Crippen molar-refractivity contribution < 1.29 is 4.92 Å². The summed E-state index contributed by atoms with van der Waals surface area (Å²) >= 11 is 1.09. The van der Waals surface area contributed by atoms with E-state index >= 15 is 0 Å². The Hall–Kier alpha value is -1.88. The molecule has 0 aliphatic rings. The van der Waals surface area contributed by atoms with Gasteiger partial charge < -0.3 is 4.98 Å². The molecule has 0 aromatic carbocycles. The van der Waals surface area contributed by atoms with E-state index in [1.165, 1.54) is 0 Å². The minimum Gasteiger partial charge on any atom is -0.311 e. The van der Waals surface area contributed by atoms with Gasteiger partial charge >= 0.3 is 0 Å². The summed E-state index contributed by atoms with van der Waals surface area (Å²) in [5, 5.41) is 10.4. The SMILES string of the molecule is [C-]#[N+]c1c(C)nc(SCC[N+](=O)[O-])[nH]c1=O. The number of hydrogen-bond donors (Lipinski definition) is 1. The lowest BCUT2D eigenvalue weighted by molar-refractivity contribution is -0.474. The number of aryl methyl sites for hydroxylation is 1. The van der Waals surface area contributed by atoms with Crippen LogP contribution >= 0.6 is 11.8 Å². The minimum absolute atomic E-state index is 0.0429. The molecule has 0 atom stereocenters. The third-order valence-electron chi connectivity index (χ3n) is 1.67. The molecule has 0 unspecified atom stereocenters. The third-order valence-corrected chi connectivity index (χ3v) is 2.53. The second-order valence-electron chi connectivity index (χ2n) is 2.82. The quantitative estimate of drug-likeness (QED) is 0.278. The highest BCUT2D eigenvalue weighted by atomic mass is 32.2. The number of nitrogens with one attached hydrogen (secondary N) is 1. The maximum Gasteiger partial charge on any atom is 0.271 e. The number of aromatic amines is 1. The molecule has 0 radical (unpaired) electrons. The van der Waals surface area contributed by atoms with Gasteiger partial charge in [0.15, 0.2) is 5.16 Å². The summed E-state index contributed by atoms with van der Waals surface area (Å²) in [4.78, 5) is 30.4. The summed E-state index contributed by atoms with van der Waals surface area (Å²) in [5.41, 5.74) is -0.216. The Bertz CT molecular complexity index is 505. The van der Waals surface area contributed by atoms with Crippen LogP contribution in [-0.2, 0) is 0 Å². The highest BCUT2D eigenvalue weighted by Gasteiger charge is 2.08. The van der Waals surface area contributed by atoms with Crippen LogP contribution in [0.25, 0.3) is 4.85 Å². The molecule has 16 heavy (non-hydrogen) atoms. The second kappa shape index (κ2) is 5.27. The van der Waals surface area contributed by atoms with Crippen molar-refractivity contribution in [3.8, 4) is 0 Å². The van der Waals surface area contributed by atoms with E-state index in [1.807, 2.05) is 0 Å². The van der Waals surface area contributed by atoms with E-state index in [0.717, 1.165) is 11.8 Å². The van der Waals surface area contributed by atoms with Crippen LogP contribution in [0.3, 0.4) is 0 Å². The van der Waals surface area contributed by atoms with Crippen LogP contribution in [0, 0.1) is 23.6 Å². The van der Waals surface area contributed by atoms with Gasteiger partial charge in [-0.2, -0.15) is 0 Å². The summed E-state index contributed by atoms with van der Waals surface area (Å²) in [6, 6.07) is 0. The molecule has 1 N–H and O–H groups in total. The van der Waals surface area contributed by atoms with Gasteiger partial charge in [0.1, 0.15) is 0 Å². The molecule has 7 nitrogen and oxygen atoms in total. The predicted molar refractivity (Wildman–Crippen MR) is 58.4 cm³/mol. The molecular formula is C8H8N4O3S. The lowest BCUT2D eigenvalue weighted by Gasteiger charge is -2.00. The van der Waals surface area contributed by atoms with E-state index in [-0.39, 0.29) is 18.0 Å². The summed E-state index contributed by atoms with van der Waals surface area (Å²) < 4.78 is 0. The molecule has 84 valence electrons. The monoisotopic (exact) mass is 240 g/mol. The average Bonchev–Trinajstić information content (AvgIpc) is 2.16. The molecule has 0 aliphatic heterocycles. The largest absolute Gasteiger partial charge is 0.311 e. The van der Waals surface area contributed by atoms with Gasteiger partial charge in [-0.05, 0) is 6.92 Å². The Kier molecular flexibility index (Phi) is 4.02. The molecule has 1 heterocycles. The summed E-state index contributed by atoms with van der Waals surface area (Å²) in [7, 11) is 0. The second-order valence-corrected chi connectivity index (χ2v) is 3.91. The Morgan fingerprint density at radius 1 is 1.69 bits per heavy atom. The van der Waals surface area contributed by atoms with Gasteiger partial charge in [0.05, 0.1) is 18.0 Å². The predicted octanol–water partition coefficient (Wildman–Crippen LogP) is 0.998. The first-order valence-electron chi connectivity index (χ1n) is 4.27. The fraction of sp³-hybridized carbons (Fsp3) is 0.375. The van der Waals surface area contributed by atoms with E-state index in [9.17, 15) is 14.9 Å². The number of rotatable bonds is 4. The van der Waals surface area contributed by atoms with Gasteiger partial charge in [-0.25, -0.2) is 9.83 Å². The third kappa shape index (κ3) is 3.06. The maximum absolute atomic E-state index is 11.3. The van der Waals surface area contributed by atoms with Crippen molar-refractivity contribution in [1.29, 1.82) is 0 Å². The molecule has 0 aliphatic carbocycles. The normalized spacial score (nSPS) is 9.75. The van der Waals surface area contributed by atoms with Crippen molar-refractivity contribution in [3.05, 3.63) is 37.6 Å². The molecule has 1 aromatic heterocycles. The van der Waals surface area contributed by atoms with Gasteiger partial charge in [-0.15, -0.1) is 0 Å². The van der Waals surface area contributed by atoms with Gasteiger partial charge in [0, 0.05) is 4.92 Å². The van der Waals surface area contributed by atoms with Gasteiger partial charge in [0.2, 0.25) is 6.54 Å². The van der Waals surface area contributed by atoms with E-state index in [4.69, 9.17) is 6.57 Å². The van der Waals surface area contributed by atoms with Crippen molar-refractivity contribution >= 4 is 17.4 Å². The lowest BCUT2D eigenvalue weighted by atomic mass is 10.4. The molecule has 0 saturated heterocycles. The van der Waals surface area contributed by atoms with Crippen LogP contribution in [0.15, 0.2) is 9.95 Å². The van der Waals surface area contributed by atoms with E-state index in [2.05, 4.69) is 14.8 Å². The molecular weight excluding hydrogens is 232 g/mol. The Morgan fingerprint density at radius 3 is 2.88 bits per heavy atom. The summed E-state index contributed by atoms with van der Waals surface area (Å²) in [6.45, 7) is 8.12. The Balaban J connectivity index is 2.81. The minimum atomic E-state index is -0.508. The fourth-order valence-electron chi connectivity index (χ4n) is 0.971. The van der Waals surface area contributed by atoms with Crippen molar-refractivity contribution in [2.24, 2.45) is 0 Å². The average molecular weight is 240 g/mol. The van der Waals surface area contributed by atoms with E-state index in [0.29, 0.717) is 10.9 Å². The van der Waals surface area contributed by atoms with Crippen LogP contribution in [-0.4, -0.2) is 27.2 Å². The molecule has 0 fully saturated rings. The van der Waals surface area contributed by atoms with Crippen molar-refractivity contribution in [2.75, 3.05) is 12.3 Å². The van der Waals surface area contributed by atoms with Crippen molar-refractivity contribution in [1.82, 2.24) is 9.97 Å². The van der Waals surface area contributed by atoms with Crippen LogP contribution in [0.1, 0.15) is 5.69 Å². The van der Waals surface area contributed by atoms with Crippen molar-refractivity contribution in [2.45, 2.75) is 12.1 Å². The van der Waals surface area contributed by atoms with Gasteiger partial charge in [-0.3, -0.25) is 14.9 Å². The Labute approximate surface area is 94.9 Å². The smallest absolute Gasteiger partial charge is 0.271 e. The highest BCUT2D eigenvalue weighted by Crippen LogP contribution is 2.15. The zero-order chi connectivity index (χ0) is 12.1. The zero-order valence-electron chi connectivity index (χ0n) is 8.39. The molecule has 1 aromatic rings. The standard InChI is InChI=1S/C8H8N4O3S/c1-5-6(9-2)7(13)11-8(10-5)16-4-3-12(14)15/h3-4H2,1H3,(H,10,11,13). The molecule has 0 bridgehead atoms. The molecule has 0 saturated carbocycles. The Morgan fingerprint density at radius 2 is 2.38 bits per heavy atom. The fourth-order valence-corrected chi connectivity index (χ4v) is 1.77. The molecule has 8 heteroatoms. The number of aromatic nitrogens is 2. The zero-order valence-corrected chi connectivity index (χ0v) is 9.21. The number of H-pyrrole nitrogens is 1. The van der Waals surface area contributed by atoms with E-state index < -0.39 is 10.5 Å². The lowest BCUT2D eigenvalue weighted by Crippen LogP contribution is -2.11. The first kappa shape index (κ1) is 12.2. The van der Waals surface area contributed by atoms with Crippen LogP contribution < -0.4 is 5.56 Å². The summed E-state index contributed by atoms with van der Waals surface area (Å²) in [6.07, 6.45) is 0. The number of nitro groups is 1. The number of nitrogens with zero attached hydrogens (tertiary/aromatic N) is 3. The highest BCUT2D eigenvalue weighted by molar-refractivity contribution is 7.99. The van der Waals surface area contributed by atoms with Crippen LogP contribution in [0.2, 0.25) is 0 Å². The molecule has 0 amide bonds. The molecule has 1 rings (SSSR count). The molecule has 0 spiro atoms. The van der Waals surface area contributed by atoms with Gasteiger partial charge in [0.25, 0.3) is 11.2 Å². The topological polar surface area (TPSA) is 93.2 Å². The number of hydrogen-bond acceptors (Lipinski definition) is 5. The number of thioether (sulfide) groups is 1. The first-order valence-corrected chi connectivity index (χ1v) is 5.26. The first-order chi connectivity index (χ1) is 7.54. The van der Waals surface area contributed by atoms with Crippen LogP contribution in [0.4, 0.5) is 5.69 Å². The van der Waals surface area contributed by atoms with E-state index in [1.54, 1.807) is 6.92 Å². The maximum atomic E-state index is 11.3.